The maximum Gasteiger partial charge on any atom is 0.243 e. The van der Waals surface area contributed by atoms with Crippen molar-refractivity contribution in [2.75, 3.05) is 13.1 Å². The van der Waals surface area contributed by atoms with Crippen LogP contribution in [0, 0.1) is 11.7 Å². The van der Waals surface area contributed by atoms with Crippen LogP contribution < -0.4 is 5.32 Å². The zero-order chi connectivity index (χ0) is 20.4. The average molecular weight is 417 g/mol. The summed E-state index contributed by atoms with van der Waals surface area (Å²) >= 11 is 0. The average Bonchev–Trinajstić information content (AvgIpc) is 2.74. The fourth-order valence-electron chi connectivity index (χ4n) is 4.27. The van der Waals surface area contributed by atoms with E-state index < -0.39 is 15.8 Å². The van der Waals surface area contributed by atoms with Gasteiger partial charge in [0.1, 0.15) is 5.82 Å². The first kappa shape index (κ1) is 20.0. The Morgan fingerprint density at radius 3 is 2.52 bits per heavy atom. The number of hydrogen-bond acceptors (Lipinski definition) is 3. The molecule has 29 heavy (non-hydrogen) atoms. The van der Waals surface area contributed by atoms with Crippen LogP contribution in [-0.2, 0) is 27.7 Å². The van der Waals surface area contributed by atoms with Gasteiger partial charge in [-0.2, -0.15) is 4.31 Å². The number of nitrogens with one attached hydrogen (secondary N) is 1. The molecule has 1 aliphatic heterocycles. The summed E-state index contributed by atoms with van der Waals surface area (Å²) in [5.74, 6) is -0.918. The van der Waals surface area contributed by atoms with Gasteiger partial charge in [-0.1, -0.05) is 24.3 Å². The van der Waals surface area contributed by atoms with Gasteiger partial charge >= 0.3 is 0 Å². The first-order valence-corrected chi connectivity index (χ1v) is 11.5. The van der Waals surface area contributed by atoms with Gasteiger partial charge in [-0.15, -0.1) is 0 Å². The summed E-state index contributed by atoms with van der Waals surface area (Å²) in [6.07, 6.45) is 3.95. The minimum Gasteiger partial charge on any atom is -0.353 e. The van der Waals surface area contributed by atoms with Crippen LogP contribution in [0.1, 0.15) is 30.4 Å². The summed E-state index contributed by atoms with van der Waals surface area (Å²) in [5.41, 5.74) is 2.61. The van der Waals surface area contributed by atoms with E-state index in [4.69, 9.17) is 0 Å². The van der Waals surface area contributed by atoms with Crippen molar-refractivity contribution in [3.63, 3.8) is 0 Å². The maximum atomic E-state index is 13.1. The first-order valence-electron chi connectivity index (χ1n) is 10.1. The number of benzene rings is 2. The number of piperidine rings is 1. The van der Waals surface area contributed by atoms with Gasteiger partial charge in [-0.25, -0.2) is 12.8 Å². The van der Waals surface area contributed by atoms with Crippen LogP contribution in [0.25, 0.3) is 0 Å². The number of rotatable bonds is 4. The molecule has 0 spiro atoms. The predicted molar refractivity (Wildman–Crippen MR) is 108 cm³/mol. The third-order valence-corrected chi connectivity index (χ3v) is 7.78. The van der Waals surface area contributed by atoms with E-state index in [0.29, 0.717) is 19.4 Å². The highest BCUT2D eigenvalue weighted by Crippen LogP contribution is 2.25. The Hall–Kier alpha value is -2.25. The van der Waals surface area contributed by atoms with Crippen molar-refractivity contribution in [3.05, 3.63) is 65.5 Å². The number of sulfonamides is 1. The molecule has 1 saturated heterocycles. The van der Waals surface area contributed by atoms with Crippen LogP contribution >= 0.6 is 0 Å². The fraction of sp³-hybridized carbons (Fsp3) is 0.409. The van der Waals surface area contributed by atoms with Crippen molar-refractivity contribution in [1.29, 1.82) is 0 Å². The first-order chi connectivity index (χ1) is 13.9. The van der Waals surface area contributed by atoms with Crippen molar-refractivity contribution >= 4 is 15.9 Å². The van der Waals surface area contributed by atoms with Crippen LogP contribution in [0.4, 0.5) is 4.39 Å². The maximum absolute atomic E-state index is 13.1. The minimum atomic E-state index is -3.73. The number of hydrogen-bond donors (Lipinski definition) is 1. The van der Waals surface area contributed by atoms with Crippen molar-refractivity contribution in [2.24, 2.45) is 5.92 Å². The van der Waals surface area contributed by atoms with E-state index in [0.717, 1.165) is 31.4 Å². The number of carbonyl (C=O) groups excluding carboxylic acids is 1. The van der Waals surface area contributed by atoms with Gasteiger partial charge in [0.15, 0.2) is 0 Å². The summed E-state index contributed by atoms with van der Waals surface area (Å²) in [7, 11) is -3.73. The molecular weight excluding hydrogens is 391 g/mol. The third kappa shape index (κ3) is 4.36. The molecule has 1 N–H and O–H groups in total. The van der Waals surface area contributed by atoms with Crippen molar-refractivity contribution in [3.8, 4) is 0 Å². The van der Waals surface area contributed by atoms with Crippen LogP contribution in [0.5, 0.6) is 0 Å². The number of nitrogens with zero attached hydrogens (tertiary/aromatic N) is 1. The Labute approximate surface area is 171 Å². The van der Waals surface area contributed by atoms with Gasteiger partial charge in [0, 0.05) is 19.1 Å². The van der Waals surface area contributed by atoms with Crippen molar-refractivity contribution < 1.29 is 17.6 Å². The molecule has 0 saturated carbocycles. The molecule has 7 heteroatoms. The lowest BCUT2D eigenvalue weighted by Crippen LogP contribution is -2.48. The number of carbonyl (C=O) groups is 1. The Bertz CT molecular complexity index is 991. The van der Waals surface area contributed by atoms with E-state index in [2.05, 4.69) is 17.4 Å². The Morgan fingerprint density at radius 2 is 1.76 bits per heavy atom. The highest BCUT2D eigenvalue weighted by atomic mass is 32.2. The zero-order valence-corrected chi connectivity index (χ0v) is 17.0. The summed E-state index contributed by atoms with van der Waals surface area (Å²) < 4.78 is 40.2. The Balaban J connectivity index is 1.40. The molecule has 2 atom stereocenters. The molecule has 0 aromatic heterocycles. The van der Waals surface area contributed by atoms with Crippen LogP contribution in [-0.4, -0.2) is 37.8 Å². The zero-order valence-electron chi connectivity index (χ0n) is 16.2. The molecule has 5 nitrogen and oxygen atoms in total. The van der Waals surface area contributed by atoms with E-state index in [9.17, 15) is 17.6 Å². The van der Waals surface area contributed by atoms with Crippen LogP contribution in [0.3, 0.4) is 0 Å². The van der Waals surface area contributed by atoms with Gasteiger partial charge in [-0.05, 0) is 67.5 Å². The number of aryl methyl sites for hydroxylation is 1. The molecule has 2 aromatic carbocycles. The second-order valence-electron chi connectivity index (χ2n) is 7.87. The lowest BCUT2D eigenvalue weighted by molar-refractivity contribution is -0.126. The highest BCUT2D eigenvalue weighted by Gasteiger charge is 2.34. The minimum absolute atomic E-state index is 0.0591. The van der Waals surface area contributed by atoms with Gasteiger partial charge in [0.05, 0.1) is 10.8 Å². The largest absolute Gasteiger partial charge is 0.353 e. The Morgan fingerprint density at radius 1 is 1.03 bits per heavy atom. The van der Waals surface area contributed by atoms with E-state index in [1.54, 1.807) is 0 Å². The molecule has 0 radical (unpaired) electrons. The Kier molecular flexibility index (Phi) is 5.69. The SMILES string of the molecule is O=C(NC1CCc2ccccc2C1)C1CCCN(S(=O)(=O)c2ccc(F)cc2)C1. The molecule has 1 heterocycles. The van der Waals surface area contributed by atoms with Crippen molar-refractivity contribution in [2.45, 2.75) is 43.0 Å². The monoisotopic (exact) mass is 416 g/mol. The molecule has 2 aliphatic rings. The van der Waals surface area contributed by atoms with E-state index in [1.807, 2.05) is 12.1 Å². The standard InChI is InChI=1S/C22H25FN2O3S/c23-19-8-11-21(12-9-19)29(27,28)25-13-3-6-18(15-25)22(26)24-20-10-7-16-4-1-2-5-17(16)14-20/h1-2,4-5,8-9,11-12,18,20H,3,6-7,10,13-15H2,(H,24,26). The summed E-state index contributed by atoms with van der Waals surface area (Å²) in [6.45, 7) is 0.537. The van der Waals surface area contributed by atoms with Gasteiger partial charge < -0.3 is 5.32 Å². The lowest BCUT2D eigenvalue weighted by atomic mass is 9.88. The second kappa shape index (κ2) is 8.24. The summed E-state index contributed by atoms with van der Waals surface area (Å²) in [6, 6.07) is 13.2. The van der Waals surface area contributed by atoms with Crippen molar-refractivity contribution in [1.82, 2.24) is 9.62 Å². The van der Waals surface area contributed by atoms with Crippen LogP contribution in [0.15, 0.2) is 53.4 Å². The molecule has 4 rings (SSSR count). The number of amides is 1. The topological polar surface area (TPSA) is 66.5 Å². The van der Waals surface area contributed by atoms with Gasteiger partial charge in [-0.3, -0.25) is 4.79 Å². The lowest BCUT2D eigenvalue weighted by Gasteiger charge is -2.33. The van der Waals surface area contributed by atoms with Gasteiger partial charge in [0.25, 0.3) is 0 Å². The van der Waals surface area contributed by atoms with Gasteiger partial charge in [0.2, 0.25) is 15.9 Å². The molecule has 1 aliphatic carbocycles. The fourth-order valence-corrected chi connectivity index (χ4v) is 5.79. The summed E-state index contributed by atoms with van der Waals surface area (Å²) in [5, 5.41) is 3.14. The molecular formula is C22H25FN2O3S. The quantitative estimate of drug-likeness (QED) is 0.834. The molecule has 154 valence electrons. The normalized spacial score (nSPS) is 22.7. The summed E-state index contributed by atoms with van der Waals surface area (Å²) in [4.78, 5) is 12.9. The van der Waals surface area contributed by atoms with E-state index >= 15 is 0 Å². The number of halogens is 1. The number of fused-ring (bicyclic) bond motifs is 1. The predicted octanol–water partition coefficient (Wildman–Crippen LogP) is 2.90. The molecule has 1 amide bonds. The smallest absolute Gasteiger partial charge is 0.243 e. The molecule has 2 aromatic rings. The van der Waals surface area contributed by atoms with E-state index in [1.165, 1.54) is 27.6 Å². The molecule has 1 fully saturated rings. The highest BCUT2D eigenvalue weighted by molar-refractivity contribution is 7.89. The van der Waals surface area contributed by atoms with E-state index in [-0.39, 0.29) is 29.3 Å². The molecule has 0 bridgehead atoms. The molecule has 2 unspecified atom stereocenters. The third-order valence-electron chi connectivity index (χ3n) is 5.90. The van der Waals surface area contributed by atoms with Crippen LogP contribution in [0.2, 0.25) is 0 Å². The second-order valence-corrected chi connectivity index (χ2v) is 9.81.